The highest BCUT2D eigenvalue weighted by Gasteiger charge is 2.52. The van der Waals surface area contributed by atoms with Crippen LogP contribution in [0.1, 0.15) is 23.0 Å². The van der Waals surface area contributed by atoms with Gasteiger partial charge < -0.3 is 10.0 Å². The van der Waals surface area contributed by atoms with Crippen molar-refractivity contribution in [1.29, 1.82) is 0 Å². The van der Waals surface area contributed by atoms with E-state index >= 15 is 0 Å². The quantitative estimate of drug-likeness (QED) is 0.723. The van der Waals surface area contributed by atoms with E-state index in [9.17, 15) is 5.11 Å². The average Bonchev–Trinajstić information content (AvgIpc) is 2.75. The lowest BCUT2D eigenvalue weighted by Crippen LogP contribution is -2.45. The van der Waals surface area contributed by atoms with E-state index in [1.165, 1.54) is 0 Å². The molecule has 1 fully saturated rings. The molecule has 1 aromatic rings. The Morgan fingerprint density at radius 1 is 1.56 bits per heavy atom. The molecule has 86 valence electrons. The molecule has 2 heterocycles. The number of hydrogen-bond acceptors (Lipinski definition) is 3. The summed E-state index contributed by atoms with van der Waals surface area (Å²) in [6.07, 6.45) is 0.619. The molecule has 3 heteroatoms. The van der Waals surface area contributed by atoms with Gasteiger partial charge in [-0.2, -0.15) is 0 Å². The Balaban J connectivity index is 2.12. The van der Waals surface area contributed by atoms with Crippen molar-refractivity contribution < 1.29 is 9.22 Å². The molecule has 0 spiro atoms. The van der Waals surface area contributed by atoms with Gasteiger partial charge >= 0.3 is 0 Å². The molecular weight excluding hydrogens is 200 g/mol. The first-order valence-corrected chi connectivity index (χ1v) is 5.58. The van der Waals surface area contributed by atoms with Crippen molar-refractivity contribution in [3.05, 3.63) is 23.8 Å². The van der Waals surface area contributed by atoms with Crippen LogP contribution in [0.3, 0.4) is 0 Å². The monoisotopic (exact) mass is 221 g/mol. The van der Waals surface area contributed by atoms with E-state index in [0.29, 0.717) is 6.54 Å². The summed E-state index contributed by atoms with van der Waals surface area (Å²) in [7, 11) is 1.93. The Morgan fingerprint density at radius 3 is 3.12 bits per heavy atom. The van der Waals surface area contributed by atoms with E-state index in [2.05, 4.69) is 6.92 Å². The largest absolute Gasteiger partial charge is 0.508 e. The van der Waals surface area contributed by atoms with Crippen molar-refractivity contribution in [2.24, 2.45) is 0 Å². The summed E-state index contributed by atoms with van der Waals surface area (Å²) in [5.74, 6) is 0.237. The standard InChI is InChI=1S/C13H18N2O/c1-13-6-7-14(2)12(13)15(3)11-5-4-9(16)8-10(11)13/h4-5,8,12,16H,6-7H2,1-3H3/t12-,13+/m0/s1/i2D3. The minimum Gasteiger partial charge on any atom is -0.508 e. The maximum absolute atomic E-state index is 9.70. The van der Waals surface area contributed by atoms with Crippen LogP contribution in [0, 0.1) is 0 Å². The van der Waals surface area contributed by atoms with Crippen LogP contribution in [-0.4, -0.2) is 36.7 Å². The number of benzene rings is 1. The molecule has 1 saturated heterocycles. The molecule has 2 aliphatic heterocycles. The lowest BCUT2D eigenvalue weighted by molar-refractivity contribution is 0.268. The van der Waals surface area contributed by atoms with Gasteiger partial charge in [-0.3, -0.25) is 4.90 Å². The number of phenols is 1. The van der Waals surface area contributed by atoms with Crippen LogP contribution in [-0.2, 0) is 5.41 Å². The molecule has 3 nitrogen and oxygen atoms in total. The zero-order valence-electron chi connectivity index (χ0n) is 12.6. The number of fused-ring (bicyclic) bond motifs is 3. The van der Waals surface area contributed by atoms with Crippen molar-refractivity contribution in [1.82, 2.24) is 4.90 Å². The topological polar surface area (TPSA) is 26.7 Å². The fraction of sp³-hybridized carbons (Fsp3) is 0.538. The van der Waals surface area contributed by atoms with Crippen LogP contribution in [0.4, 0.5) is 5.69 Å². The van der Waals surface area contributed by atoms with Gasteiger partial charge in [-0.25, -0.2) is 0 Å². The normalized spacial score (nSPS) is 36.5. The SMILES string of the molecule is [2H]C([2H])([2H])N1CC[C@]2(C)c3cc(O)ccc3N(C)[C@H]12. The second kappa shape index (κ2) is 2.92. The van der Waals surface area contributed by atoms with Crippen LogP contribution in [0.2, 0.25) is 0 Å². The third kappa shape index (κ3) is 1.02. The summed E-state index contributed by atoms with van der Waals surface area (Å²) in [6.45, 7) is 0.559. The highest BCUT2D eigenvalue weighted by molar-refractivity contribution is 5.65. The zero-order valence-corrected chi connectivity index (χ0v) is 9.57. The van der Waals surface area contributed by atoms with Crippen molar-refractivity contribution in [3.63, 3.8) is 0 Å². The van der Waals surface area contributed by atoms with E-state index in [1.807, 2.05) is 18.0 Å². The average molecular weight is 221 g/mol. The zero-order chi connectivity index (χ0) is 14.0. The number of likely N-dealkylation sites (tertiary alicyclic amines) is 1. The maximum atomic E-state index is 9.70. The van der Waals surface area contributed by atoms with E-state index in [0.717, 1.165) is 17.7 Å². The molecule has 0 aromatic heterocycles. The summed E-state index contributed by atoms with van der Waals surface area (Å²) >= 11 is 0. The molecule has 0 amide bonds. The molecule has 0 bridgehead atoms. The summed E-state index contributed by atoms with van der Waals surface area (Å²) in [6, 6.07) is 5.29. The lowest BCUT2D eigenvalue weighted by Gasteiger charge is -2.32. The number of hydrogen-bond donors (Lipinski definition) is 1. The summed E-state index contributed by atoms with van der Waals surface area (Å²) in [5.41, 5.74) is 1.82. The fourth-order valence-electron chi connectivity index (χ4n) is 3.28. The second-order valence-electron chi connectivity index (χ2n) is 5.05. The van der Waals surface area contributed by atoms with Gasteiger partial charge in [-0.1, -0.05) is 6.92 Å². The molecule has 0 aliphatic carbocycles. The molecule has 0 unspecified atom stereocenters. The van der Waals surface area contributed by atoms with Gasteiger partial charge in [0.15, 0.2) is 0 Å². The molecule has 16 heavy (non-hydrogen) atoms. The predicted molar refractivity (Wildman–Crippen MR) is 64.9 cm³/mol. The highest BCUT2D eigenvalue weighted by Crippen LogP contribution is 2.51. The minimum absolute atomic E-state index is 0.170. The Labute approximate surface area is 101 Å². The summed E-state index contributed by atoms with van der Waals surface area (Å²) in [4.78, 5) is 3.61. The van der Waals surface area contributed by atoms with Gasteiger partial charge in [0.2, 0.25) is 0 Å². The first-order chi connectivity index (χ1) is 8.75. The number of rotatable bonds is 0. The molecular formula is C13H18N2O. The first-order valence-electron chi connectivity index (χ1n) is 7.08. The summed E-state index contributed by atoms with van der Waals surface area (Å²) in [5, 5.41) is 9.70. The Kier molecular flexibility index (Phi) is 1.31. The maximum Gasteiger partial charge on any atom is 0.116 e. The van der Waals surface area contributed by atoms with Crippen LogP contribution >= 0.6 is 0 Å². The number of aromatic hydroxyl groups is 1. The van der Waals surface area contributed by atoms with Gasteiger partial charge in [0.25, 0.3) is 0 Å². The summed E-state index contributed by atoms with van der Waals surface area (Å²) < 4.78 is 23.1. The number of nitrogens with zero attached hydrogens (tertiary/aromatic N) is 2. The van der Waals surface area contributed by atoms with Crippen molar-refractivity contribution >= 4 is 5.69 Å². The smallest absolute Gasteiger partial charge is 0.116 e. The van der Waals surface area contributed by atoms with E-state index < -0.39 is 6.98 Å². The molecule has 2 aliphatic rings. The van der Waals surface area contributed by atoms with Gasteiger partial charge in [-0.05, 0) is 37.2 Å². The predicted octanol–water partition coefficient (Wildman–Crippen LogP) is 1.76. The molecule has 1 N–H and O–H groups in total. The van der Waals surface area contributed by atoms with Crippen molar-refractivity contribution in [2.75, 3.05) is 25.5 Å². The third-order valence-corrected chi connectivity index (χ3v) is 4.08. The Bertz CT molecular complexity index is 531. The van der Waals surface area contributed by atoms with Gasteiger partial charge in [0.05, 0.1) is 6.17 Å². The van der Waals surface area contributed by atoms with Crippen molar-refractivity contribution in [3.8, 4) is 5.75 Å². The molecule has 0 radical (unpaired) electrons. The Hall–Kier alpha value is -1.22. The molecule has 1 aromatic carbocycles. The van der Waals surface area contributed by atoms with Gasteiger partial charge in [-0.15, -0.1) is 0 Å². The van der Waals surface area contributed by atoms with Crippen LogP contribution in [0.25, 0.3) is 0 Å². The third-order valence-electron chi connectivity index (χ3n) is 4.08. The van der Waals surface area contributed by atoms with Gasteiger partial charge in [0, 0.05) is 28.8 Å². The number of phenolic OH excluding ortho intramolecular Hbond substituents is 1. The van der Waals surface area contributed by atoms with Gasteiger partial charge in [0.1, 0.15) is 5.75 Å². The Morgan fingerprint density at radius 2 is 2.38 bits per heavy atom. The first kappa shape index (κ1) is 7.17. The highest BCUT2D eigenvalue weighted by atomic mass is 16.3. The fourth-order valence-corrected chi connectivity index (χ4v) is 3.28. The van der Waals surface area contributed by atoms with Crippen LogP contribution < -0.4 is 4.90 Å². The van der Waals surface area contributed by atoms with E-state index in [-0.39, 0.29) is 17.3 Å². The molecule has 3 rings (SSSR count). The van der Waals surface area contributed by atoms with Crippen LogP contribution in [0.15, 0.2) is 18.2 Å². The molecule has 2 atom stereocenters. The lowest BCUT2D eigenvalue weighted by atomic mass is 9.81. The molecule has 0 saturated carbocycles. The second-order valence-corrected chi connectivity index (χ2v) is 5.05. The van der Waals surface area contributed by atoms with E-state index in [1.54, 1.807) is 17.0 Å². The van der Waals surface area contributed by atoms with E-state index in [4.69, 9.17) is 4.11 Å². The minimum atomic E-state index is -2.08. The van der Waals surface area contributed by atoms with Crippen molar-refractivity contribution in [2.45, 2.75) is 24.9 Å². The van der Waals surface area contributed by atoms with Crippen LogP contribution in [0.5, 0.6) is 5.75 Å². The number of likely N-dealkylation sites (N-methyl/N-ethyl adjacent to an activating group) is 2. The number of anilines is 1.